The van der Waals surface area contributed by atoms with Crippen LogP contribution in [0.1, 0.15) is 36.0 Å². The van der Waals surface area contributed by atoms with E-state index in [1.807, 2.05) is 0 Å². The molecule has 0 aromatic heterocycles. The van der Waals surface area contributed by atoms with Crippen LogP contribution in [0.5, 0.6) is 0 Å². The molecule has 1 aliphatic heterocycles. The lowest BCUT2D eigenvalue weighted by atomic mass is 9.60. The first-order chi connectivity index (χ1) is 11.0. The van der Waals surface area contributed by atoms with Gasteiger partial charge in [0.15, 0.2) is 0 Å². The van der Waals surface area contributed by atoms with E-state index in [-0.39, 0.29) is 29.6 Å². The highest BCUT2D eigenvalue weighted by Crippen LogP contribution is 2.50. The van der Waals surface area contributed by atoms with Crippen molar-refractivity contribution in [1.29, 1.82) is 0 Å². The van der Waals surface area contributed by atoms with Crippen molar-refractivity contribution >= 4 is 11.8 Å². The van der Waals surface area contributed by atoms with E-state index in [9.17, 15) is 14.0 Å². The van der Waals surface area contributed by atoms with Gasteiger partial charge in [-0.05, 0) is 37.8 Å². The Morgan fingerprint density at radius 1 is 1.26 bits per heavy atom. The molecule has 5 nitrogen and oxygen atoms in total. The summed E-state index contributed by atoms with van der Waals surface area (Å²) >= 11 is 0. The van der Waals surface area contributed by atoms with E-state index in [1.54, 1.807) is 17.0 Å². The van der Waals surface area contributed by atoms with Gasteiger partial charge in [-0.3, -0.25) is 9.59 Å². The van der Waals surface area contributed by atoms with Crippen molar-refractivity contribution in [3.8, 4) is 0 Å². The normalized spacial score (nSPS) is 22.7. The lowest BCUT2D eigenvalue weighted by molar-refractivity contribution is -0.148. The number of primary amides is 1. The average Bonchev–Trinajstić information content (AvgIpc) is 2.53. The fourth-order valence-corrected chi connectivity index (χ4v) is 3.65. The predicted octanol–water partition coefficient (Wildman–Crippen LogP) is 1.71. The number of amides is 2. The fraction of sp³-hybridized carbons (Fsp3) is 0.529. The summed E-state index contributed by atoms with van der Waals surface area (Å²) in [5.74, 6) is -1.20. The Morgan fingerprint density at radius 2 is 1.96 bits per heavy atom. The van der Waals surface area contributed by atoms with Gasteiger partial charge in [-0.1, -0.05) is 12.1 Å². The average molecular weight is 320 g/mol. The Bertz CT molecular complexity index is 612. The number of nitrogens with zero attached hydrogens (tertiary/aromatic N) is 1. The van der Waals surface area contributed by atoms with Gasteiger partial charge in [-0.15, -0.1) is 0 Å². The minimum absolute atomic E-state index is 0.0423. The van der Waals surface area contributed by atoms with Crippen LogP contribution in [-0.4, -0.2) is 42.5 Å². The van der Waals surface area contributed by atoms with Gasteiger partial charge >= 0.3 is 0 Å². The number of nitrogens with two attached hydrogens (primary N) is 1. The summed E-state index contributed by atoms with van der Waals surface area (Å²) in [6.45, 7) is 1.12. The Labute approximate surface area is 134 Å². The Kier molecular flexibility index (Phi) is 4.35. The minimum Gasteiger partial charge on any atom is -0.368 e. The number of benzene rings is 1. The van der Waals surface area contributed by atoms with Crippen molar-refractivity contribution < 1.29 is 18.7 Å². The number of carbonyl (C=O) groups is 2. The lowest BCUT2D eigenvalue weighted by Gasteiger charge is -2.53. The molecule has 1 atom stereocenters. The summed E-state index contributed by atoms with van der Waals surface area (Å²) in [7, 11) is 0. The first-order valence-electron chi connectivity index (χ1n) is 7.95. The zero-order valence-corrected chi connectivity index (χ0v) is 13.0. The Hall–Kier alpha value is -1.95. The zero-order chi connectivity index (χ0) is 16.4. The van der Waals surface area contributed by atoms with Gasteiger partial charge in [-0.25, -0.2) is 4.39 Å². The van der Waals surface area contributed by atoms with Crippen LogP contribution >= 0.6 is 0 Å². The molecule has 23 heavy (non-hydrogen) atoms. The first-order valence-corrected chi connectivity index (χ1v) is 7.95. The number of hydrogen-bond donors (Lipinski definition) is 1. The van der Waals surface area contributed by atoms with Crippen molar-refractivity contribution in [2.75, 3.05) is 19.7 Å². The molecule has 1 saturated carbocycles. The molecule has 124 valence electrons. The molecule has 1 aromatic carbocycles. The molecule has 1 aromatic rings. The summed E-state index contributed by atoms with van der Waals surface area (Å²) in [5.41, 5.74) is 5.29. The number of hydrogen-bond acceptors (Lipinski definition) is 3. The topological polar surface area (TPSA) is 72.6 Å². The summed E-state index contributed by atoms with van der Waals surface area (Å²) in [6, 6.07) is 6.07. The molecule has 0 radical (unpaired) electrons. The van der Waals surface area contributed by atoms with Crippen molar-refractivity contribution in [1.82, 2.24) is 4.90 Å². The molecule has 1 aliphatic carbocycles. The second-order valence-corrected chi connectivity index (χ2v) is 6.44. The number of halogens is 1. The largest absolute Gasteiger partial charge is 0.368 e. The van der Waals surface area contributed by atoms with E-state index >= 15 is 0 Å². The maximum absolute atomic E-state index is 13.8. The molecule has 2 fully saturated rings. The quantitative estimate of drug-likeness (QED) is 0.918. The highest BCUT2D eigenvalue weighted by molar-refractivity contribution is 5.94. The predicted molar refractivity (Wildman–Crippen MR) is 82.1 cm³/mol. The highest BCUT2D eigenvalue weighted by atomic mass is 19.1. The smallest absolute Gasteiger partial charge is 0.256 e. The second-order valence-electron chi connectivity index (χ2n) is 6.44. The molecule has 1 saturated heterocycles. The number of ether oxygens (including phenoxy) is 1. The summed E-state index contributed by atoms with van der Waals surface area (Å²) in [4.78, 5) is 25.0. The molecular formula is C17H21FN2O3. The van der Waals surface area contributed by atoms with Crippen molar-refractivity contribution in [2.24, 2.45) is 11.1 Å². The van der Waals surface area contributed by atoms with Crippen LogP contribution in [-0.2, 0) is 9.53 Å². The SMILES string of the molecule is NC(=O)COC1CCC12CCN(C(=O)c1ccccc1F)CC2. The van der Waals surface area contributed by atoms with E-state index in [0.717, 1.165) is 25.7 Å². The lowest BCUT2D eigenvalue weighted by Crippen LogP contribution is -2.54. The molecule has 2 N–H and O–H groups in total. The molecular weight excluding hydrogens is 299 g/mol. The monoisotopic (exact) mass is 320 g/mol. The third kappa shape index (κ3) is 3.08. The maximum Gasteiger partial charge on any atom is 0.256 e. The molecule has 2 amide bonds. The summed E-state index contributed by atoms with van der Waals surface area (Å²) < 4.78 is 19.3. The van der Waals surface area contributed by atoms with Gasteiger partial charge in [-0.2, -0.15) is 0 Å². The molecule has 1 unspecified atom stereocenters. The van der Waals surface area contributed by atoms with Gasteiger partial charge in [0.1, 0.15) is 12.4 Å². The summed E-state index contributed by atoms with van der Waals surface area (Å²) in [5, 5.41) is 0. The van der Waals surface area contributed by atoms with Crippen LogP contribution < -0.4 is 5.73 Å². The van der Waals surface area contributed by atoms with Gasteiger partial charge in [0, 0.05) is 18.5 Å². The van der Waals surface area contributed by atoms with Gasteiger partial charge in [0.05, 0.1) is 11.7 Å². The van der Waals surface area contributed by atoms with Gasteiger partial charge < -0.3 is 15.4 Å². The van der Waals surface area contributed by atoms with Crippen LogP contribution in [0.2, 0.25) is 0 Å². The standard InChI is InChI=1S/C17H21FN2O3/c18-13-4-2-1-3-12(13)16(22)20-9-7-17(8-10-20)6-5-14(17)23-11-15(19)21/h1-4,14H,5-11H2,(H2,19,21). The third-order valence-corrected chi connectivity index (χ3v) is 5.16. The third-order valence-electron chi connectivity index (χ3n) is 5.16. The zero-order valence-electron chi connectivity index (χ0n) is 13.0. The highest BCUT2D eigenvalue weighted by Gasteiger charge is 2.49. The van der Waals surface area contributed by atoms with E-state index in [0.29, 0.717) is 13.1 Å². The van der Waals surface area contributed by atoms with Gasteiger partial charge in [0.25, 0.3) is 5.91 Å². The summed E-state index contributed by atoms with van der Waals surface area (Å²) in [6.07, 6.45) is 3.64. The maximum atomic E-state index is 13.8. The van der Waals surface area contributed by atoms with Gasteiger partial charge in [0.2, 0.25) is 5.91 Å². The van der Waals surface area contributed by atoms with Crippen LogP contribution in [0.15, 0.2) is 24.3 Å². The molecule has 1 spiro atoms. The van der Waals surface area contributed by atoms with E-state index in [1.165, 1.54) is 12.1 Å². The second kappa shape index (κ2) is 6.28. The van der Waals surface area contributed by atoms with Crippen molar-refractivity contribution in [2.45, 2.75) is 31.8 Å². The number of likely N-dealkylation sites (tertiary alicyclic amines) is 1. The number of rotatable bonds is 4. The van der Waals surface area contributed by atoms with E-state index in [2.05, 4.69) is 0 Å². The molecule has 6 heteroatoms. The fourth-order valence-electron chi connectivity index (χ4n) is 3.65. The van der Waals surface area contributed by atoms with Crippen LogP contribution in [0.4, 0.5) is 4.39 Å². The van der Waals surface area contributed by atoms with Crippen molar-refractivity contribution in [3.05, 3.63) is 35.6 Å². The number of carbonyl (C=O) groups excluding carboxylic acids is 2. The molecule has 0 bridgehead atoms. The van der Waals surface area contributed by atoms with E-state index in [4.69, 9.17) is 10.5 Å². The molecule has 1 heterocycles. The minimum atomic E-state index is -0.482. The number of piperidine rings is 1. The van der Waals surface area contributed by atoms with Crippen LogP contribution in [0.25, 0.3) is 0 Å². The Balaban J connectivity index is 1.59. The Morgan fingerprint density at radius 3 is 2.52 bits per heavy atom. The van der Waals surface area contributed by atoms with E-state index < -0.39 is 11.7 Å². The van der Waals surface area contributed by atoms with Crippen LogP contribution in [0, 0.1) is 11.2 Å². The van der Waals surface area contributed by atoms with Crippen molar-refractivity contribution in [3.63, 3.8) is 0 Å². The molecule has 3 rings (SSSR count). The molecule has 2 aliphatic rings. The van der Waals surface area contributed by atoms with Crippen LogP contribution in [0.3, 0.4) is 0 Å². The first kappa shape index (κ1) is 15.9.